The van der Waals surface area contributed by atoms with Crippen molar-refractivity contribution in [2.24, 2.45) is 0 Å². The van der Waals surface area contributed by atoms with Gasteiger partial charge in [-0.05, 0) is 51.9 Å². The summed E-state index contributed by atoms with van der Waals surface area (Å²) in [6, 6.07) is 5.77. The number of amides is 1. The van der Waals surface area contributed by atoms with Gasteiger partial charge in [-0.25, -0.2) is 9.67 Å². The molecule has 3 heterocycles. The van der Waals surface area contributed by atoms with Crippen molar-refractivity contribution in [1.82, 2.24) is 25.0 Å². The van der Waals surface area contributed by atoms with E-state index in [1.807, 2.05) is 18.7 Å². The second-order valence-corrected chi connectivity index (χ2v) is 8.01. The summed E-state index contributed by atoms with van der Waals surface area (Å²) < 4.78 is 49.0. The van der Waals surface area contributed by atoms with Gasteiger partial charge in [0.25, 0.3) is 5.91 Å². The third-order valence-corrected chi connectivity index (χ3v) is 5.38. The van der Waals surface area contributed by atoms with Crippen LogP contribution in [0.15, 0.2) is 47.3 Å². The Balaban J connectivity index is 1.56. The van der Waals surface area contributed by atoms with Gasteiger partial charge in [0.2, 0.25) is 5.89 Å². The minimum atomic E-state index is -4.83. The van der Waals surface area contributed by atoms with E-state index < -0.39 is 12.1 Å². The number of aromatic nitrogens is 3. The summed E-state index contributed by atoms with van der Waals surface area (Å²) >= 11 is 0. The summed E-state index contributed by atoms with van der Waals surface area (Å²) in [5.74, 6) is -0.464. The van der Waals surface area contributed by atoms with E-state index in [1.165, 1.54) is 41.5 Å². The van der Waals surface area contributed by atoms with E-state index in [1.54, 1.807) is 6.07 Å². The first kappa shape index (κ1) is 22.8. The molecule has 33 heavy (non-hydrogen) atoms. The standard InChI is InChI=1S/C22H24F3N5O3/c1-14(2)30(16-7-9-26-10-8-16)21(31)17-13-32-20(28-17)15-11-27-29(12-15)18-5-3-4-6-19(18)33-22(23,24)25/h3-6,11-14,16,26H,7-10H2,1-2H3. The van der Waals surface area contributed by atoms with Crippen molar-refractivity contribution in [3.8, 4) is 22.9 Å². The quantitative estimate of drug-likeness (QED) is 0.594. The second kappa shape index (κ2) is 9.26. The van der Waals surface area contributed by atoms with Crippen molar-refractivity contribution < 1.29 is 27.1 Å². The molecule has 1 aliphatic rings. The molecule has 11 heteroatoms. The zero-order valence-electron chi connectivity index (χ0n) is 18.2. The average molecular weight is 463 g/mol. The smallest absolute Gasteiger partial charge is 0.444 e. The van der Waals surface area contributed by atoms with Crippen molar-refractivity contribution >= 4 is 5.91 Å². The SMILES string of the molecule is CC(C)N(C(=O)c1coc(-c2cnn(-c3ccccc3OC(F)(F)F)c2)n1)C1CCNCC1. The first-order valence-corrected chi connectivity index (χ1v) is 10.6. The number of piperidine rings is 1. The van der Waals surface area contributed by atoms with Gasteiger partial charge < -0.3 is 19.4 Å². The Bertz CT molecular complexity index is 1100. The van der Waals surface area contributed by atoms with Crippen LogP contribution in [-0.4, -0.2) is 57.1 Å². The molecule has 8 nitrogen and oxygen atoms in total. The number of hydrogen-bond donors (Lipinski definition) is 1. The Morgan fingerprint density at radius 3 is 2.70 bits per heavy atom. The molecule has 0 aliphatic carbocycles. The Hall–Kier alpha value is -3.34. The first-order chi connectivity index (χ1) is 15.7. The fraction of sp³-hybridized carbons (Fsp3) is 0.409. The molecule has 0 radical (unpaired) electrons. The molecule has 4 rings (SSSR count). The van der Waals surface area contributed by atoms with Crippen molar-refractivity contribution in [3.63, 3.8) is 0 Å². The highest BCUT2D eigenvalue weighted by Gasteiger charge is 2.33. The van der Waals surface area contributed by atoms with Crippen molar-refractivity contribution in [2.45, 2.75) is 45.1 Å². The molecular formula is C22H24F3N5O3. The van der Waals surface area contributed by atoms with Crippen LogP contribution in [0.1, 0.15) is 37.2 Å². The van der Waals surface area contributed by atoms with Gasteiger partial charge in [0, 0.05) is 18.3 Å². The number of nitrogens with one attached hydrogen (secondary N) is 1. The van der Waals surface area contributed by atoms with Gasteiger partial charge in [-0.1, -0.05) is 12.1 Å². The molecule has 1 amide bonds. The predicted molar refractivity (Wildman–Crippen MR) is 113 cm³/mol. The largest absolute Gasteiger partial charge is 0.573 e. The molecule has 1 fully saturated rings. The highest BCUT2D eigenvalue weighted by molar-refractivity contribution is 5.93. The number of hydrogen-bond acceptors (Lipinski definition) is 6. The Morgan fingerprint density at radius 2 is 2.00 bits per heavy atom. The first-order valence-electron chi connectivity index (χ1n) is 10.6. The highest BCUT2D eigenvalue weighted by Crippen LogP contribution is 2.30. The average Bonchev–Trinajstić information content (AvgIpc) is 3.43. The zero-order chi connectivity index (χ0) is 23.6. The Labute approximate surface area is 188 Å². The van der Waals surface area contributed by atoms with Gasteiger partial charge in [0.05, 0.1) is 11.8 Å². The predicted octanol–water partition coefficient (Wildman–Crippen LogP) is 4.03. The number of halogens is 3. The van der Waals surface area contributed by atoms with E-state index in [9.17, 15) is 18.0 Å². The lowest BCUT2D eigenvalue weighted by Crippen LogP contribution is -2.49. The molecule has 0 saturated carbocycles. The summed E-state index contributed by atoms with van der Waals surface area (Å²) in [6.45, 7) is 5.63. The van der Waals surface area contributed by atoms with Crippen LogP contribution < -0.4 is 10.1 Å². The van der Waals surface area contributed by atoms with Gasteiger partial charge in [-0.15, -0.1) is 13.2 Å². The molecule has 0 unspecified atom stereocenters. The number of alkyl halides is 3. The maximum Gasteiger partial charge on any atom is 0.573 e. The van der Waals surface area contributed by atoms with Crippen molar-refractivity contribution in [2.75, 3.05) is 13.1 Å². The van der Waals surface area contributed by atoms with E-state index in [0.717, 1.165) is 25.9 Å². The van der Waals surface area contributed by atoms with Gasteiger partial charge in [-0.3, -0.25) is 4.79 Å². The van der Waals surface area contributed by atoms with E-state index in [2.05, 4.69) is 20.1 Å². The monoisotopic (exact) mass is 463 g/mol. The minimum Gasteiger partial charge on any atom is -0.444 e. The topological polar surface area (TPSA) is 85.4 Å². The number of carbonyl (C=O) groups is 1. The van der Waals surface area contributed by atoms with Crippen LogP contribution in [0.5, 0.6) is 5.75 Å². The molecule has 3 aromatic rings. The number of benzene rings is 1. The molecule has 176 valence electrons. The van der Waals surface area contributed by atoms with Crippen LogP contribution >= 0.6 is 0 Å². The summed E-state index contributed by atoms with van der Waals surface area (Å²) in [5.41, 5.74) is 0.681. The number of nitrogens with zero attached hydrogens (tertiary/aromatic N) is 4. The number of para-hydroxylation sites is 2. The molecule has 0 bridgehead atoms. The molecule has 1 saturated heterocycles. The van der Waals surface area contributed by atoms with Crippen molar-refractivity contribution in [3.05, 3.63) is 48.6 Å². The van der Waals surface area contributed by atoms with E-state index in [0.29, 0.717) is 5.56 Å². The molecule has 0 atom stereocenters. The van der Waals surface area contributed by atoms with Crippen LogP contribution in [0.4, 0.5) is 13.2 Å². The van der Waals surface area contributed by atoms with Crippen LogP contribution in [0.25, 0.3) is 17.1 Å². The Morgan fingerprint density at radius 1 is 1.27 bits per heavy atom. The lowest BCUT2D eigenvalue weighted by molar-refractivity contribution is -0.274. The normalized spacial score (nSPS) is 15.1. The maximum absolute atomic E-state index is 13.2. The molecule has 2 aromatic heterocycles. The number of rotatable bonds is 6. The fourth-order valence-electron chi connectivity index (χ4n) is 3.97. The number of ether oxygens (including phenoxy) is 1. The summed E-state index contributed by atoms with van der Waals surface area (Å²) in [4.78, 5) is 19.3. The zero-order valence-corrected chi connectivity index (χ0v) is 18.2. The Kier molecular flexibility index (Phi) is 6.41. The van der Waals surface area contributed by atoms with E-state index in [4.69, 9.17) is 4.42 Å². The summed E-state index contributed by atoms with van der Waals surface area (Å²) in [7, 11) is 0. The summed E-state index contributed by atoms with van der Waals surface area (Å²) in [6.07, 6.45) is 1.05. The molecule has 1 aliphatic heterocycles. The third kappa shape index (κ3) is 5.19. The fourth-order valence-corrected chi connectivity index (χ4v) is 3.97. The van der Waals surface area contributed by atoms with Crippen LogP contribution in [0.3, 0.4) is 0 Å². The number of carbonyl (C=O) groups excluding carboxylic acids is 1. The molecule has 0 spiro atoms. The van der Waals surface area contributed by atoms with E-state index in [-0.39, 0.29) is 35.3 Å². The molecular weight excluding hydrogens is 439 g/mol. The second-order valence-electron chi connectivity index (χ2n) is 8.01. The van der Waals surface area contributed by atoms with Gasteiger partial charge >= 0.3 is 6.36 Å². The van der Waals surface area contributed by atoms with E-state index >= 15 is 0 Å². The number of oxazole rings is 1. The lowest BCUT2D eigenvalue weighted by atomic mass is 10.0. The highest BCUT2D eigenvalue weighted by atomic mass is 19.4. The third-order valence-electron chi connectivity index (χ3n) is 5.38. The molecule has 1 N–H and O–H groups in total. The minimum absolute atomic E-state index is 0.00589. The van der Waals surface area contributed by atoms with Gasteiger partial charge in [-0.2, -0.15) is 5.10 Å². The van der Waals surface area contributed by atoms with Crippen LogP contribution in [0.2, 0.25) is 0 Å². The van der Waals surface area contributed by atoms with Crippen LogP contribution in [-0.2, 0) is 0 Å². The van der Waals surface area contributed by atoms with Gasteiger partial charge in [0.1, 0.15) is 12.0 Å². The van der Waals surface area contributed by atoms with Crippen LogP contribution in [0, 0.1) is 0 Å². The van der Waals surface area contributed by atoms with Crippen molar-refractivity contribution in [1.29, 1.82) is 0 Å². The van der Waals surface area contributed by atoms with Gasteiger partial charge in [0.15, 0.2) is 11.4 Å². The lowest BCUT2D eigenvalue weighted by Gasteiger charge is -2.37. The summed E-state index contributed by atoms with van der Waals surface area (Å²) in [5, 5.41) is 7.40. The molecule has 1 aromatic carbocycles. The maximum atomic E-state index is 13.2.